The summed E-state index contributed by atoms with van der Waals surface area (Å²) >= 11 is 0. The molecule has 442 valence electrons. The molecule has 3 fully saturated rings. The number of nitrogens with two attached hydrogens (primary N) is 1. The van der Waals surface area contributed by atoms with Gasteiger partial charge in [-0.2, -0.15) is 0 Å². The number of aliphatic hydroxyl groups excluding tert-OH is 1. The molecule has 19 heteroatoms. The average Bonchev–Trinajstić information content (AvgIpc) is 3.46. The number of Topliss-reactive ketones (excluding diaryl/α,β-unsaturated/α-hetero) is 3. The Hall–Kier alpha value is -3.82. The second-order valence-corrected chi connectivity index (χ2v) is 28.0. The number of allylic oxidation sites excluding steroid dienone is 2. The molecule has 2 unspecified atom stereocenters. The van der Waals surface area contributed by atoms with Gasteiger partial charge in [0.05, 0.1) is 30.5 Å². The van der Waals surface area contributed by atoms with Crippen molar-refractivity contribution in [2.75, 3.05) is 34.4 Å². The lowest BCUT2D eigenvalue weighted by atomic mass is 9.75. The molecule has 4 N–H and O–H groups in total. The molecule has 1 amide bonds. The SMILES string of the molecule is CC[Si](CC)(CC)O[C@@H]1/C(C)=C/[C@@H](C)C(=O)C[C@@H]([C@H](C)C[C@@H]2CCC(CN=CN=NN)[C@H](OC)C2)OC(=O)[C@@H]2CCCCN2C(=O)C(=O)[C@]2(O)O[C@@H](CC[C@H]2C)C[C@H](OC)C(C)=CC(O)C/C=C/[C@@H](C)C[C@@H](C)C(=O)[C@@H]1OC. The number of esters is 1. The van der Waals surface area contributed by atoms with Crippen LogP contribution < -0.4 is 5.84 Å². The minimum Gasteiger partial charge on any atom is -0.460 e. The summed E-state index contributed by atoms with van der Waals surface area (Å²) in [5.41, 5.74) is 1.43. The summed E-state index contributed by atoms with van der Waals surface area (Å²) in [6.45, 7) is 20.1. The second-order valence-electron chi connectivity index (χ2n) is 23.3. The summed E-state index contributed by atoms with van der Waals surface area (Å²) in [6, 6.07) is 1.33. The summed E-state index contributed by atoms with van der Waals surface area (Å²) in [7, 11) is 2.38. The third-order valence-electron chi connectivity index (χ3n) is 17.7. The summed E-state index contributed by atoms with van der Waals surface area (Å²) < 4.78 is 37.8. The minimum absolute atomic E-state index is 0.0220. The number of ether oxygens (including phenoxy) is 5. The molecule has 3 heterocycles. The van der Waals surface area contributed by atoms with Crippen LogP contribution >= 0.6 is 0 Å². The first-order valence-electron chi connectivity index (χ1n) is 29.1. The van der Waals surface area contributed by atoms with Crippen LogP contribution in [0.3, 0.4) is 0 Å². The summed E-state index contributed by atoms with van der Waals surface area (Å²) in [5.74, 6) is -2.40. The van der Waals surface area contributed by atoms with Crippen molar-refractivity contribution >= 4 is 43.9 Å². The van der Waals surface area contributed by atoms with Crippen LogP contribution in [0, 0.1) is 41.4 Å². The number of carbonyl (C=O) groups is 5. The molecule has 2 saturated heterocycles. The zero-order valence-electron chi connectivity index (χ0n) is 49.5. The predicted molar refractivity (Wildman–Crippen MR) is 303 cm³/mol. The smallest absolute Gasteiger partial charge is 0.329 e. The van der Waals surface area contributed by atoms with Gasteiger partial charge in [-0.3, -0.25) is 24.2 Å². The van der Waals surface area contributed by atoms with Gasteiger partial charge < -0.3 is 49.1 Å². The first kappa shape index (κ1) is 66.7. The molecular formula is C59H99N5O13Si. The molecule has 3 aliphatic heterocycles. The Labute approximate surface area is 467 Å². The van der Waals surface area contributed by atoms with Crippen molar-refractivity contribution in [3.63, 3.8) is 0 Å². The molecule has 78 heavy (non-hydrogen) atoms. The van der Waals surface area contributed by atoms with E-state index in [0.717, 1.165) is 43.0 Å². The summed E-state index contributed by atoms with van der Waals surface area (Å²) in [5, 5.41) is 30.1. The highest BCUT2D eigenvalue weighted by molar-refractivity contribution is 6.73. The average molecular weight is 1110 g/mol. The highest BCUT2D eigenvalue weighted by atomic mass is 28.4. The Kier molecular flexibility index (Phi) is 27.3. The summed E-state index contributed by atoms with van der Waals surface area (Å²) in [6.07, 6.45) is 10.2. The van der Waals surface area contributed by atoms with Crippen molar-refractivity contribution in [3.05, 3.63) is 35.5 Å². The quantitative estimate of drug-likeness (QED) is 0.0169. The molecule has 0 aromatic carbocycles. The summed E-state index contributed by atoms with van der Waals surface area (Å²) in [4.78, 5) is 78.7. The molecule has 0 spiro atoms. The van der Waals surface area contributed by atoms with E-state index in [1.165, 1.54) is 18.3 Å². The highest BCUT2D eigenvalue weighted by Gasteiger charge is 2.53. The number of carbonyl (C=O) groups excluding carboxylic acids is 5. The van der Waals surface area contributed by atoms with Crippen LogP contribution in [0.2, 0.25) is 18.1 Å². The van der Waals surface area contributed by atoms with Gasteiger partial charge in [-0.15, -0.1) is 5.11 Å². The van der Waals surface area contributed by atoms with Gasteiger partial charge in [0.2, 0.25) is 5.79 Å². The maximum Gasteiger partial charge on any atom is 0.329 e. The van der Waals surface area contributed by atoms with E-state index in [9.17, 15) is 34.2 Å². The first-order valence-corrected chi connectivity index (χ1v) is 31.7. The van der Waals surface area contributed by atoms with Crippen molar-refractivity contribution < 1.29 is 62.3 Å². The monoisotopic (exact) mass is 1110 g/mol. The van der Waals surface area contributed by atoms with E-state index in [0.29, 0.717) is 57.1 Å². The molecule has 18 nitrogen and oxygen atoms in total. The van der Waals surface area contributed by atoms with E-state index < -0.39 is 92.2 Å². The van der Waals surface area contributed by atoms with Gasteiger partial charge in [0.15, 0.2) is 14.1 Å². The lowest BCUT2D eigenvalue weighted by Gasteiger charge is -2.42. The largest absolute Gasteiger partial charge is 0.460 e. The predicted octanol–water partition coefficient (Wildman–Crippen LogP) is 9.01. The molecule has 0 radical (unpaired) electrons. The molecule has 4 aliphatic rings. The van der Waals surface area contributed by atoms with Gasteiger partial charge in [0, 0.05) is 70.9 Å². The fourth-order valence-electron chi connectivity index (χ4n) is 12.4. The standard InChI is InChI=1S/C59H99N5O13Si/c1-14-78(15-2,16-3)77-54-42(9)29-38(5)49(66)34-51(39(6)30-44-24-25-45(52(32-44)73-12)35-61-36-62-63-60)75-58(70)48-22-17-18-27-64(48)57(69)56(68)59(71)43(10)23-26-47(76-59)33-50(72-11)40(7)31-46(65)21-19-20-37(4)28-41(8)53(67)55(54)74-13/h19-20,29,31,36-39,41,43-48,50-52,54-55,65,71H,14-18,21-28,30,32-35H2,1-13H3,(H2,60,61,62)/b20-19+,40-31?,42-29+/t37-,38-,39-,41-,43-,44+,45?,46?,47+,48+,50+,51+,52-,54-,55+,59-/m1/s1. The van der Waals surface area contributed by atoms with Gasteiger partial charge in [-0.05, 0) is 132 Å². The molecule has 4 rings (SSSR count). The van der Waals surface area contributed by atoms with Gasteiger partial charge in [0.1, 0.15) is 30.4 Å². The van der Waals surface area contributed by atoms with Crippen molar-refractivity contribution in [2.24, 2.45) is 62.6 Å². The van der Waals surface area contributed by atoms with Gasteiger partial charge >= 0.3 is 5.97 Å². The number of methoxy groups -OCH3 is 3. The van der Waals surface area contributed by atoms with Crippen LogP contribution in [0.15, 0.2) is 50.8 Å². The Balaban J connectivity index is 1.79. The second kappa shape index (κ2) is 32.0. The van der Waals surface area contributed by atoms with Crippen LogP contribution in [0.1, 0.15) is 153 Å². The van der Waals surface area contributed by atoms with E-state index in [1.54, 1.807) is 34.1 Å². The lowest BCUT2D eigenvalue weighted by Crippen LogP contribution is -2.61. The van der Waals surface area contributed by atoms with Crippen molar-refractivity contribution in [3.8, 4) is 0 Å². The first-order chi connectivity index (χ1) is 37.0. The number of piperidine rings is 1. The van der Waals surface area contributed by atoms with E-state index in [4.69, 9.17) is 34.0 Å². The lowest BCUT2D eigenvalue weighted by molar-refractivity contribution is -0.265. The van der Waals surface area contributed by atoms with E-state index in [-0.39, 0.29) is 67.1 Å². The fraction of sp³-hybridized carbons (Fsp3) is 0.797. The Morgan fingerprint density at radius 1 is 0.885 bits per heavy atom. The third kappa shape index (κ3) is 18.1. The van der Waals surface area contributed by atoms with E-state index >= 15 is 0 Å². The maximum absolute atomic E-state index is 14.8. The molecule has 1 aliphatic carbocycles. The molecule has 16 atom stereocenters. The number of fused-ring (bicyclic) bond motifs is 3. The number of aliphatic hydroxyl groups is 2. The number of amides is 1. The van der Waals surface area contributed by atoms with Crippen LogP contribution in [0.25, 0.3) is 0 Å². The van der Waals surface area contributed by atoms with Crippen LogP contribution in [0.4, 0.5) is 0 Å². The topological polar surface area (TPSA) is 248 Å². The van der Waals surface area contributed by atoms with Crippen molar-refractivity contribution in [2.45, 2.75) is 225 Å². The molecule has 2 bridgehead atoms. The van der Waals surface area contributed by atoms with Crippen LogP contribution in [0.5, 0.6) is 0 Å². The number of cyclic esters (lactones) is 1. The number of nitrogens with zero attached hydrogens (tertiary/aromatic N) is 4. The number of aliphatic imine (C=N–C) groups is 1. The minimum atomic E-state index is -2.47. The fourth-order valence-corrected chi connectivity index (χ4v) is 15.2. The maximum atomic E-state index is 14.8. The molecule has 0 aromatic heterocycles. The zero-order chi connectivity index (χ0) is 57.9. The molecule has 1 saturated carbocycles. The van der Waals surface area contributed by atoms with Crippen molar-refractivity contribution in [1.82, 2.24) is 4.90 Å². The van der Waals surface area contributed by atoms with Gasteiger partial charge in [0.25, 0.3) is 11.7 Å². The Bertz CT molecular complexity index is 2110. The zero-order valence-corrected chi connectivity index (χ0v) is 50.5. The number of hydrogen-bond donors (Lipinski definition) is 3. The van der Waals surface area contributed by atoms with E-state index in [1.807, 2.05) is 52.8 Å². The highest BCUT2D eigenvalue weighted by Crippen LogP contribution is 2.39. The van der Waals surface area contributed by atoms with Crippen molar-refractivity contribution in [1.29, 1.82) is 0 Å². The van der Waals surface area contributed by atoms with Gasteiger partial charge in [-0.25, -0.2) is 4.79 Å². The van der Waals surface area contributed by atoms with Crippen LogP contribution in [-0.2, 0) is 52.1 Å². The molecular weight excluding hydrogens is 1010 g/mol. The third-order valence-corrected chi connectivity index (χ3v) is 22.4. The molecule has 0 aromatic rings. The Morgan fingerprint density at radius 2 is 1.59 bits per heavy atom. The van der Waals surface area contributed by atoms with E-state index in [2.05, 4.69) is 36.1 Å². The number of rotatable bonds is 14. The Morgan fingerprint density at radius 3 is 2.23 bits per heavy atom. The number of ketones is 3. The van der Waals surface area contributed by atoms with Crippen LogP contribution in [-0.4, -0.2) is 148 Å². The van der Waals surface area contributed by atoms with Gasteiger partial charge in [-0.1, -0.05) is 84.9 Å². The number of hydrogen-bond acceptors (Lipinski definition) is 15. The normalized spacial score (nSPS) is 36.2.